The van der Waals surface area contributed by atoms with Crippen LogP contribution in [-0.4, -0.2) is 37.0 Å². The fourth-order valence-electron chi connectivity index (χ4n) is 4.13. The molecule has 1 atom stereocenters. The molecule has 2 N–H and O–H groups in total. The molecule has 0 fully saturated rings. The maximum absolute atomic E-state index is 13.2. The third kappa shape index (κ3) is 4.67. The van der Waals surface area contributed by atoms with Crippen LogP contribution >= 0.6 is 0 Å². The van der Waals surface area contributed by atoms with Crippen LogP contribution in [0.4, 0.5) is 10.5 Å². The van der Waals surface area contributed by atoms with Crippen LogP contribution in [-0.2, 0) is 12.8 Å². The molecule has 164 valence electrons. The molecule has 0 saturated carbocycles. The summed E-state index contributed by atoms with van der Waals surface area (Å²) in [6.07, 6.45) is 1.57. The lowest BCUT2D eigenvalue weighted by Crippen LogP contribution is -2.41. The Bertz CT molecular complexity index is 1170. The highest BCUT2D eigenvalue weighted by Crippen LogP contribution is 2.28. The van der Waals surface area contributed by atoms with E-state index in [9.17, 15) is 9.59 Å². The van der Waals surface area contributed by atoms with Gasteiger partial charge in [0, 0.05) is 31.4 Å². The third-order valence-electron chi connectivity index (χ3n) is 5.91. The first kappa shape index (κ1) is 21.6. The summed E-state index contributed by atoms with van der Waals surface area (Å²) in [7, 11) is 3.47. The number of urea groups is 1. The minimum absolute atomic E-state index is 0.0794. The van der Waals surface area contributed by atoms with Gasteiger partial charge < -0.3 is 15.5 Å². The van der Waals surface area contributed by atoms with E-state index in [4.69, 9.17) is 0 Å². The number of aryl methyl sites for hydroxylation is 2. The van der Waals surface area contributed by atoms with Crippen molar-refractivity contribution in [3.63, 3.8) is 0 Å². The van der Waals surface area contributed by atoms with Gasteiger partial charge in [-0.25, -0.2) is 4.79 Å². The number of benzene rings is 3. The van der Waals surface area contributed by atoms with Gasteiger partial charge in [-0.2, -0.15) is 0 Å². The van der Waals surface area contributed by atoms with E-state index in [0.717, 1.165) is 40.8 Å². The average molecular weight is 428 g/mol. The van der Waals surface area contributed by atoms with E-state index in [-0.39, 0.29) is 18.0 Å². The maximum Gasteiger partial charge on any atom is 0.317 e. The zero-order chi connectivity index (χ0) is 22.8. The Morgan fingerprint density at radius 3 is 2.25 bits per heavy atom. The van der Waals surface area contributed by atoms with Crippen LogP contribution in [0.2, 0.25) is 0 Å². The zero-order valence-corrected chi connectivity index (χ0v) is 19.0. The molecule has 3 aromatic carbocycles. The average Bonchev–Trinajstić information content (AvgIpc) is 3.15. The second-order valence-electron chi connectivity index (χ2n) is 8.80. The first-order chi connectivity index (χ1) is 15.3. The Hall–Kier alpha value is -3.60. The number of hydrogen-bond acceptors (Lipinski definition) is 2. The van der Waals surface area contributed by atoms with Gasteiger partial charge in [-0.15, -0.1) is 0 Å². The summed E-state index contributed by atoms with van der Waals surface area (Å²) in [6.45, 7) is 4.05. The third-order valence-corrected chi connectivity index (χ3v) is 5.91. The number of fused-ring (bicyclic) bond motifs is 1. The van der Waals surface area contributed by atoms with Crippen LogP contribution in [0, 0.1) is 13.8 Å². The molecule has 0 bridgehead atoms. The Labute approximate surface area is 189 Å². The van der Waals surface area contributed by atoms with Crippen molar-refractivity contribution in [3.05, 3.63) is 88.5 Å². The van der Waals surface area contributed by atoms with Crippen LogP contribution in [0.5, 0.6) is 0 Å². The summed E-state index contributed by atoms with van der Waals surface area (Å²) in [5, 5.41) is 6.12. The molecule has 0 spiro atoms. The Balaban J connectivity index is 1.53. The Kier molecular flexibility index (Phi) is 5.99. The molecule has 0 heterocycles. The van der Waals surface area contributed by atoms with Gasteiger partial charge in [-0.05, 0) is 67.1 Å². The molecule has 4 rings (SSSR count). The normalized spacial score (nSPS) is 14.6. The second-order valence-corrected chi connectivity index (χ2v) is 8.80. The lowest BCUT2D eigenvalue weighted by atomic mass is 9.96. The molecule has 0 aliphatic heterocycles. The van der Waals surface area contributed by atoms with Gasteiger partial charge in [0.1, 0.15) is 0 Å². The van der Waals surface area contributed by atoms with E-state index < -0.39 is 0 Å². The van der Waals surface area contributed by atoms with Crippen LogP contribution < -0.4 is 10.6 Å². The number of carbonyl (C=O) groups excluding carboxylic acids is 2. The van der Waals surface area contributed by atoms with Gasteiger partial charge in [0.25, 0.3) is 5.91 Å². The fourth-order valence-corrected chi connectivity index (χ4v) is 4.13. The van der Waals surface area contributed by atoms with E-state index in [2.05, 4.69) is 29.7 Å². The number of anilines is 1. The van der Waals surface area contributed by atoms with Crippen molar-refractivity contribution in [2.45, 2.75) is 32.7 Å². The molecule has 3 aromatic rings. The van der Waals surface area contributed by atoms with E-state index in [1.807, 2.05) is 55.5 Å². The van der Waals surface area contributed by atoms with Gasteiger partial charge in [0.2, 0.25) is 0 Å². The second kappa shape index (κ2) is 8.87. The predicted octanol–water partition coefficient (Wildman–Crippen LogP) is 4.96. The molecule has 5 heteroatoms. The Morgan fingerprint density at radius 2 is 1.53 bits per heavy atom. The van der Waals surface area contributed by atoms with E-state index in [1.165, 1.54) is 11.1 Å². The smallest absolute Gasteiger partial charge is 0.317 e. The number of hydrogen-bond donors (Lipinski definition) is 2. The highest BCUT2D eigenvalue weighted by atomic mass is 16.2. The molecule has 1 aliphatic rings. The molecule has 3 amide bonds. The summed E-state index contributed by atoms with van der Waals surface area (Å²) in [5.41, 5.74) is 7.97. The molecule has 0 aromatic heterocycles. The SMILES string of the molecule is Cc1ccc(-c2ccc(C)cc2C(=O)Nc2ccc3c(c2)CC(NC(=O)N(C)C)C3)cc1. The zero-order valence-electron chi connectivity index (χ0n) is 19.0. The monoisotopic (exact) mass is 427 g/mol. The van der Waals surface area contributed by atoms with Crippen molar-refractivity contribution < 1.29 is 9.59 Å². The van der Waals surface area contributed by atoms with Crippen molar-refractivity contribution in [1.82, 2.24) is 10.2 Å². The summed E-state index contributed by atoms with van der Waals surface area (Å²) in [5.74, 6) is -0.125. The number of rotatable bonds is 4. The summed E-state index contributed by atoms with van der Waals surface area (Å²) >= 11 is 0. The molecule has 1 aliphatic carbocycles. The standard InChI is InChI=1S/C27H29N3O2/c1-17-5-8-19(9-6-17)24-12-7-18(2)13-25(24)26(31)28-22-11-10-20-14-23(16-21(20)15-22)29-27(32)30(3)4/h5-13,15,23H,14,16H2,1-4H3,(H,28,31)(H,29,32). The van der Waals surface area contributed by atoms with Crippen LogP contribution in [0.3, 0.4) is 0 Å². The van der Waals surface area contributed by atoms with Gasteiger partial charge in [0.05, 0.1) is 0 Å². The largest absolute Gasteiger partial charge is 0.335 e. The van der Waals surface area contributed by atoms with Crippen molar-refractivity contribution in [3.8, 4) is 11.1 Å². The molecule has 32 heavy (non-hydrogen) atoms. The van der Waals surface area contributed by atoms with Crippen molar-refractivity contribution in [2.24, 2.45) is 0 Å². The molecule has 0 radical (unpaired) electrons. The number of amides is 3. The lowest BCUT2D eigenvalue weighted by molar-refractivity contribution is 0.102. The molecular weight excluding hydrogens is 398 g/mol. The topological polar surface area (TPSA) is 61.4 Å². The molecular formula is C27H29N3O2. The van der Waals surface area contributed by atoms with E-state index >= 15 is 0 Å². The minimum Gasteiger partial charge on any atom is -0.335 e. The van der Waals surface area contributed by atoms with Crippen LogP contribution in [0.25, 0.3) is 11.1 Å². The molecule has 5 nitrogen and oxygen atoms in total. The van der Waals surface area contributed by atoms with Crippen molar-refractivity contribution in [1.29, 1.82) is 0 Å². The highest BCUT2D eigenvalue weighted by Gasteiger charge is 2.24. The minimum atomic E-state index is -0.125. The fraction of sp³-hybridized carbons (Fsp3) is 0.259. The van der Waals surface area contributed by atoms with E-state index in [1.54, 1.807) is 19.0 Å². The van der Waals surface area contributed by atoms with Crippen molar-refractivity contribution >= 4 is 17.6 Å². The Morgan fingerprint density at radius 1 is 0.844 bits per heavy atom. The van der Waals surface area contributed by atoms with Gasteiger partial charge >= 0.3 is 6.03 Å². The van der Waals surface area contributed by atoms with Gasteiger partial charge in [-0.3, -0.25) is 4.79 Å². The summed E-state index contributed by atoms with van der Waals surface area (Å²) < 4.78 is 0. The van der Waals surface area contributed by atoms with E-state index in [0.29, 0.717) is 5.56 Å². The molecule has 0 saturated heterocycles. The first-order valence-corrected chi connectivity index (χ1v) is 10.9. The van der Waals surface area contributed by atoms with Gasteiger partial charge in [-0.1, -0.05) is 53.6 Å². The highest BCUT2D eigenvalue weighted by molar-refractivity contribution is 6.09. The number of nitrogens with zero attached hydrogens (tertiary/aromatic N) is 1. The molecule has 1 unspecified atom stereocenters. The lowest BCUT2D eigenvalue weighted by Gasteiger charge is -2.16. The summed E-state index contributed by atoms with van der Waals surface area (Å²) in [4.78, 5) is 26.8. The van der Waals surface area contributed by atoms with Crippen molar-refractivity contribution in [2.75, 3.05) is 19.4 Å². The predicted molar refractivity (Wildman–Crippen MR) is 129 cm³/mol. The van der Waals surface area contributed by atoms with Gasteiger partial charge in [0.15, 0.2) is 0 Å². The number of nitrogens with one attached hydrogen (secondary N) is 2. The summed E-state index contributed by atoms with van der Waals surface area (Å²) in [6, 6.07) is 20.2. The maximum atomic E-state index is 13.2. The first-order valence-electron chi connectivity index (χ1n) is 10.9. The van der Waals surface area contributed by atoms with Crippen LogP contribution in [0.15, 0.2) is 60.7 Å². The quantitative estimate of drug-likeness (QED) is 0.618. The number of carbonyl (C=O) groups is 2. The van der Waals surface area contributed by atoms with Crippen LogP contribution in [0.1, 0.15) is 32.6 Å².